The third kappa shape index (κ3) is 4.85. The summed E-state index contributed by atoms with van der Waals surface area (Å²) in [6, 6.07) is 14.9. The fourth-order valence-corrected chi connectivity index (χ4v) is 1.75. The molecule has 0 heterocycles. The second-order valence-electron chi connectivity index (χ2n) is 4.03. The lowest BCUT2D eigenvalue weighted by Gasteiger charge is -2.00. The second-order valence-corrected chi connectivity index (χ2v) is 4.03. The molecule has 0 saturated heterocycles. The van der Waals surface area contributed by atoms with Gasteiger partial charge in [-0.25, -0.2) is 0 Å². The predicted molar refractivity (Wildman–Crippen MR) is 69.8 cm³/mol. The molecule has 4 nitrogen and oxygen atoms in total. The molecule has 0 atom stereocenters. The van der Waals surface area contributed by atoms with Gasteiger partial charge in [-0.1, -0.05) is 24.3 Å². The zero-order valence-corrected chi connectivity index (χ0v) is 12.1. The molecule has 0 amide bonds. The van der Waals surface area contributed by atoms with Crippen molar-refractivity contribution in [2.75, 3.05) is 0 Å². The number of benzene rings is 2. The average Bonchev–Trinajstić information content (AvgIpc) is 2.46. The van der Waals surface area contributed by atoms with Crippen molar-refractivity contribution in [3.05, 3.63) is 69.6 Å². The third-order valence-corrected chi connectivity index (χ3v) is 2.81. The summed E-state index contributed by atoms with van der Waals surface area (Å²) in [6.07, 6.45) is 1.84. The van der Waals surface area contributed by atoms with E-state index in [4.69, 9.17) is 10.8 Å². The van der Waals surface area contributed by atoms with Crippen molar-refractivity contribution in [3.8, 4) is 0 Å². The molecule has 0 aliphatic heterocycles. The van der Waals surface area contributed by atoms with Gasteiger partial charge in [0.15, 0.2) is 9.95 Å². The van der Waals surface area contributed by atoms with Crippen LogP contribution in [0.15, 0.2) is 48.5 Å². The zero-order valence-electron chi connectivity index (χ0n) is 10.6. The van der Waals surface area contributed by atoms with E-state index in [1.54, 1.807) is 24.3 Å². The molecule has 0 radical (unpaired) electrons. The van der Waals surface area contributed by atoms with Crippen LogP contribution in [0.1, 0.15) is 11.1 Å². The Bertz CT molecular complexity index is 552. The molecule has 0 saturated carbocycles. The topological polar surface area (TPSA) is 56.3 Å². The smallest absolute Gasteiger partial charge is 0.385 e. The fraction of sp³-hybridized carbons (Fsp3) is 0.143. The van der Waals surface area contributed by atoms with Gasteiger partial charge in [0.1, 0.15) is 0 Å². The summed E-state index contributed by atoms with van der Waals surface area (Å²) in [7, 11) is 0. The maximum atomic E-state index is 8.58. The van der Waals surface area contributed by atoms with Crippen LogP contribution in [0.4, 0.5) is 11.4 Å². The van der Waals surface area contributed by atoms with Gasteiger partial charge in [0.05, 0.1) is 0 Å². The van der Waals surface area contributed by atoms with Crippen molar-refractivity contribution in [1.82, 2.24) is 0 Å². The van der Waals surface area contributed by atoms with E-state index in [1.807, 2.05) is 24.3 Å². The first kappa shape index (κ1) is 17.9. The van der Waals surface area contributed by atoms with Crippen molar-refractivity contribution in [3.63, 3.8) is 0 Å². The molecular weight excluding hydrogens is 295 g/mol. The molecule has 0 aromatic heterocycles. The number of diazo groups is 2. The van der Waals surface area contributed by atoms with Gasteiger partial charge in [0, 0.05) is 24.3 Å². The number of rotatable bonds is 3. The Morgan fingerprint density at radius 1 is 0.600 bits per heavy atom. The second kappa shape index (κ2) is 8.87. The highest BCUT2D eigenvalue weighted by Crippen LogP contribution is 2.16. The van der Waals surface area contributed by atoms with E-state index in [9.17, 15) is 0 Å². The fourth-order valence-electron chi connectivity index (χ4n) is 1.75. The van der Waals surface area contributed by atoms with E-state index in [-0.39, 0.29) is 24.8 Å². The number of halogens is 2. The minimum absolute atomic E-state index is 0. The van der Waals surface area contributed by atoms with Crippen molar-refractivity contribution in [2.24, 2.45) is 0 Å². The zero-order chi connectivity index (χ0) is 12.8. The van der Waals surface area contributed by atoms with Crippen LogP contribution in [0.25, 0.3) is 9.95 Å². The molecule has 0 bridgehead atoms. The normalized spacial score (nSPS) is 8.50. The molecule has 0 aliphatic carbocycles. The summed E-state index contributed by atoms with van der Waals surface area (Å²) in [5.41, 5.74) is 3.51. The van der Waals surface area contributed by atoms with Gasteiger partial charge < -0.3 is 24.8 Å². The van der Waals surface area contributed by atoms with Crippen molar-refractivity contribution in [1.29, 1.82) is 10.8 Å². The summed E-state index contributed by atoms with van der Waals surface area (Å²) in [6.45, 7) is 0. The first-order valence-corrected chi connectivity index (χ1v) is 5.70. The molecule has 20 heavy (non-hydrogen) atoms. The molecule has 0 aliphatic rings. The summed E-state index contributed by atoms with van der Waals surface area (Å²) in [5, 5.41) is 17.2. The number of nitrogens with zero attached hydrogens (tertiary/aromatic N) is 4. The molecule has 102 valence electrons. The van der Waals surface area contributed by atoms with Gasteiger partial charge in [-0.05, 0) is 24.0 Å². The molecule has 0 spiro atoms. The molecule has 0 fully saturated rings. The van der Waals surface area contributed by atoms with E-state index in [2.05, 4.69) is 9.95 Å². The Morgan fingerprint density at radius 2 is 0.900 bits per heavy atom. The lowest BCUT2D eigenvalue weighted by molar-refractivity contribution is -0.00100. The van der Waals surface area contributed by atoms with Gasteiger partial charge >= 0.3 is 11.4 Å². The molecule has 2 aromatic carbocycles. The minimum Gasteiger partial charge on any atom is -1.00 e. The van der Waals surface area contributed by atoms with E-state index < -0.39 is 0 Å². The minimum atomic E-state index is 0. The van der Waals surface area contributed by atoms with Crippen LogP contribution < -0.4 is 24.8 Å². The predicted octanol–water partition coefficient (Wildman–Crippen LogP) is -1.55. The largest absolute Gasteiger partial charge is 1.00 e. The van der Waals surface area contributed by atoms with Crippen LogP contribution in [-0.2, 0) is 12.8 Å². The van der Waals surface area contributed by atoms with Crippen molar-refractivity contribution < 1.29 is 24.8 Å². The van der Waals surface area contributed by atoms with Crippen LogP contribution in [0.2, 0.25) is 0 Å². The Balaban J connectivity index is 0.00000180. The van der Waals surface area contributed by atoms with Gasteiger partial charge in [-0.2, -0.15) is 0 Å². The van der Waals surface area contributed by atoms with Gasteiger partial charge in [0.25, 0.3) is 0 Å². The lowest BCUT2D eigenvalue weighted by Crippen LogP contribution is -3.00. The highest BCUT2D eigenvalue weighted by molar-refractivity contribution is 5.46. The highest BCUT2D eigenvalue weighted by Gasteiger charge is 2.05. The van der Waals surface area contributed by atoms with Gasteiger partial charge in [0.2, 0.25) is 10.8 Å². The van der Waals surface area contributed by atoms with Crippen LogP contribution >= 0.6 is 0 Å². The maximum Gasteiger partial charge on any atom is 0.385 e. The van der Waals surface area contributed by atoms with E-state index in [0.29, 0.717) is 11.4 Å². The van der Waals surface area contributed by atoms with Crippen LogP contribution in [-0.4, -0.2) is 0 Å². The maximum absolute atomic E-state index is 8.58. The van der Waals surface area contributed by atoms with Gasteiger partial charge in [-0.15, -0.1) is 0 Å². The van der Waals surface area contributed by atoms with E-state index in [0.717, 1.165) is 12.8 Å². The Hall–Kier alpha value is -2.14. The van der Waals surface area contributed by atoms with Crippen molar-refractivity contribution >= 4 is 11.4 Å². The molecule has 6 heteroatoms. The molecule has 0 unspecified atom stereocenters. The molecule has 0 N–H and O–H groups in total. The monoisotopic (exact) mass is 306 g/mol. The summed E-state index contributed by atoms with van der Waals surface area (Å²) in [4.78, 5) is 6.23. The number of hydrogen-bond acceptors (Lipinski definition) is 2. The first-order chi connectivity index (χ1) is 8.81. The van der Waals surface area contributed by atoms with E-state index in [1.165, 1.54) is 11.1 Å². The standard InChI is InChI=1S/C14H12N4.2ClH/c15-17-13-7-3-11(4-8-13)1-2-12-5-9-14(18-16)10-6-12;;/h3-10H,1-2H2;2*1H/q+2;;/p-2. The van der Waals surface area contributed by atoms with Gasteiger partial charge in [-0.3, -0.25) is 0 Å². The van der Waals surface area contributed by atoms with Crippen LogP contribution in [0.5, 0.6) is 0 Å². The third-order valence-electron chi connectivity index (χ3n) is 2.81. The molecule has 2 rings (SSSR count). The Kier molecular flexibility index (Phi) is 7.93. The van der Waals surface area contributed by atoms with Crippen molar-refractivity contribution in [2.45, 2.75) is 12.8 Å². The Labute approximate surface area is 129 Å². The van der Waals surface area contributed by atoms with E-state index >= 15 is 0 Å². The summed E-state index contributed by atoms with van der Waals surface area (Å²) >= 11 is 0. The van der Waals surface area contributed by atoms with Crippen LogP contribution in [0, 0.1) is 10.8 Å². The lowest BCUT2D eigenvalue weighted by atomic mass is 10.0. The SMILES string of the molecule is N#[N+]c1ccc(CCc2ccc([N+]#N)cc2)cc1.[Cl-].[Cl-]. The Morgan fingerprint density at radius 3 is 1.15 bits per heavy atom. The number of aryl methyl sites for hydroxylation is 2. The average molecular weight is 307 g/mol. The summed E-state index contributed by atoms with van der Waals surface area (Å²) < 4.78 is 0. The summed E-state index contributed by atoms with van der Waals surface area (Å²) in [5.74, 6) is 0. The van der Waals surface area contributed by atoms with Crippen LogP contribution in [0.3, 0.4) is 0 Å². The first-order valence-electron chi connectivity index (χ1n) is 5.70. The number of hydrogen-bond donors (Lipinski definition) is 0. The highest BCUT2D eigenvalue weighted by atomic mass is 35.5. The quantitative estimate of drug-likeness (QED) is 0.645. The molecular formula is C14H12Cl2N4. The molecule has 2 aromatic rings.